The normalized spacial score (nSPS) is 14.4. The van der Waals surface area contributed by atoms with Crippen molar-refractivity contribution in [3.63, 3.8) is 0 Å². The first kappa shape index (κ1) is 28.4. The van der Waals surface area contributed by atoms with Crippen molar-refractivity contribution in [1.29, 1.82) is 0 Å². The van der Waals surface area contributed by atoms with Gasteiger partial charge in [-0.25, -0.2) is 0 Å². The molecule has 186 valence electrons. The van der Waals surface area contributed by atoms with E-state index in [1.807, 2.05) is 5.01 Å². The first-order chi connectivity index (χ1) is 15.5. The lowest BCUT2D eigenvalue weighted by atomic mass is 10.0. The predicted molar refractivity (Wildman–Crippen MR) is 133 cm³/mol. The van der Waals surface area contributed by atoms with Gasteiger partial charge in [0.2, 0.25) is 5.91 Å². The van der Waals surface area contributed by atoms with Crippen LogP contribution in [0.15, 0.2) is 4.99 Å². The SMILES string of the molecule is CCCCCCCCCCCCCCCCCC1=NCCN1NC(=O)CCC(C)C(=O)O. The molecule has 1 atom stereocenters. The van der Waals surface area contributed by atoms with Crippen LogP contribution in [0.5, 0.6) is 0 Å². The van der Waals surface area contributed by atoms with Crippen molar-refractivity contribution in [3.8, 4) is 0 Å². The van der Waals surface area contributed by atoms with E-state index in [1.54, 1.807) is 6.92 Å². The van der Waals surface area contributed by atoms with Crippen LogP contribution in [0.2, 0.25) is 0 Å². The molecule has 0 aromatic heterocycles. The Kier molecular flexibility index (Phi) is 16.8. The molecule has 1 amide bonds. The number of amides is 1. The van der Waals surface area contributed by atoms with Crippen LogP contribution in [0.25, 0.3) is 0 Å². The van der Waals surface area contributed by atoms with Crippen LogP contribution in [-0.4, -0.2) is 40.9 Å². The summed E-state index contributed by atoms with van der Waals surface area (Å²) < 4.78 is 0. The second-order valence-corrected chi connectivity index (χ2v) is 9.46. The van der Waals surface area contributed by atoms with Crippen LogP contribution in [0.1, 0.15) is 129 Å². The lowest BCUT2D eigenvalue weighted by Crippen LogP contribution is -2.44. The zero-order valence-electron chi connectivity index (χ0n) is 20.9. The summed E-state index contributed by atoms with van der Waals surface area (Å²) in [6.45, 7) is 5.35. The number of carboxylic acid groups (broad SMARTS) is 1. The van der Waals surface area contributed by atoms with Crippen molar-refractivity contribution in [2.45, 2.75) is 129 Å². The number of rotatable bonds is 21. The summed E-state index contributed by atoms with van der Waals surface area (Å²) in [6.07, 6.45) is 21.8. The number of carbonyl (C=O) groups excluding carboxylic acids is 1. The summed E-state index contributed by atoms with van der Waals surface area (Å²) in [5.74, 6) is -0.495. The lowest BCUT2D eigenvalue weighted by Gasteiger charge is -2.21. The molecule has 0 bridgehead atoms. The van der Waals surface area contributed by atoms with E-state index in [2.05, 4.69) is 17.3 Å². The molecule has 0 aromatic carbocycles. The van der Waals surface area contributed by atoms with E-state index in [1.165, 1.54) is 89.9 Å². The first-order valence-electron chi connectivity index (χ1n) is 13.4. The van der Waals surface area contributed by atoms with E-state index in [-0.39, 0.29) is 12.3 Å². The maximum Gasteiger partial charge on any atom is 0.306 e. The molecule has 1 aliphatic heterocycles. The highest BCUT2D eigenvalue weighted by atomic mass is 16.4. The van der Waals surface area contributed by atoms with E-state index in [9.17, 15) is 9.59 Å². The molecule has 2 N–H and O–H groups in total. The minimum absolute atomic E-state index is 0.121. The van der Waals surface area contributed by atoms with Crippen molar-refractivity contribution < 1.29 is 14.7 Å². The van der Waals surface area contributed by atoms with Crippen LogP contribution in [0, 0.1) is 5.92 Å². The third-order valence-electron chi connectivity index (χ3n) is 6.42. The lowest BCUT2D eigenvalue weighted by molar-refractivity contribution is -0.141. The quantitative estimate of drug-likeness (QED) is 0.195. The van der Waals surface area contributed by atoms with E-state index in [0.29, 0.717) is 13.0 Å². The van der Waals surface area contributed by atoms with Crippen LogP contribution in [0.4, 0.5) is 0 Å². The number of carbonyl (C=O) groups is 2. The standard InChI is InChI=1S/C26H49N3O3/c1-3-4-5-6-7-8-9-10-11-12-13-14-15-16-17-18-24-27-21-22-29(24)28-25(30)20-19-23(2)26(31)32/h23H,3-22H2,1-2H3,(H,28,30)(H,31,32). The van der Waals surface area contributed by atoms with Crippen LogP contribution in [0.3, 0.4) is 0 Å². The molecule has 0 fully saturated rings. The molecule has 1 aliphatic rings. The van der Waals surface area contributed by atoms with E-state index >= 15 is 0 Å². The molecule has 0 radical (unpaired) electrons. The Labute approximate surface area is 196 Å². The largest absolute Gasteiger partial charge is 0.481 e. The highest BCUT2D eigenvalue weighted by molar-refractivity contribution is 5.87. The average Bonchev–Trinajstić information content (AvgIpc) is 3.21. The molecule has 0 spiro atoms. The van der Waals surface area contributed by atoms with Gasteiger partial charge in [0.1, 0.15) is 5.84 Å². The second-order valence-electron chi connectivity index (χ2n) is 9.46. The van der Waals surface area contributed by atoms with E-state index in [0.717, 1.165) is 25.2 Å². The Bertz CT molecular complexity index is 536. The first-order valence-corrected chi connectivity index (χ1v) is 13.4. The molecule has 1 rings (SSSR count). The predicted octanol–water partition coefficient (Wildman–Crippen LogP) is 6.49. The number of nitrogens with zero attached hydrogens (tertiary/aromatic N) is 2. The van der Waals surface area contributed by atoms with Gasteiger partial charge in [-0.15, -0.1) is 0 Å². The number of amidine groups is 1. The average molecular weight is 452 g/mol. The van der Waals surface area contributed by atoms with Gasteiger partial charge < -0.3 is 5.11 Å². The van der Waals surface area contributed by atoms with Gasteiger partial charge in [-0.2, -0.15) is 0 Å². The fourth-order valence-electron chi connectivity index (χ4n) is 4.16. The molecule has 0 aliphatic carbocycles. The topological polar surface area (TPSA) is 82.0 Å². The molecule has 6 heteroatoms. The number of hydrogen-bond acceptors (Lipinski definition) is 4. The van der Waals surface area contributed by atoms with Gasteiger partial charge in [0, 0.05) is 12.8 Å². The molecule has 0 aromatic rings. The number of aliphatic carboxylic acids is 1. The van der Waals surface area contributed by atoms with Gasteiger partial charge in [0.15, 0.2) is 0 Å². The van der Waals surface area contributed by atoms with E-state index < -0.39 is 11.9 Å². The zero-order valence-corrected chi connectivity index (χ0v) is 20.9. The van der Waals surface area contributed by atoms with Crippen molar-refractivity contribution in [1.82, 2.24) is 10.4 Å². The summed E-state index contributed by atoms with van der Waals surface area (Å²) in [4.78, 5) is 27.5. The van der Waals surface area contributed by atoms with Gasteiger partial charge in [-0.1, -0.05) is 104 Å². The summed E-state index contributed by atoms with van der Waals surface area (Å²) in [6, 6.07) is 0. The van der Waals surface area contributed by atoms with Crippen molar-refractivity contribution >= 4 is 17.7 Å². The van der Waals surface area contributed by atoms with Crippen molar-refractivity contribution in [3.05, 3.63) is 0 Å². The number of unbranched alkanes of at least 4 members (excludes halogenated alkanes) is 14. The number of aliphatic imine (C=N–C) groups is 1. The fraction of sp³-hybridized carbons (Fsp3) is 0.885. The van der Waals surface area contributed by atoms with Gasteiger partial charge in [-0.3, -0.25) is 25.0 Å². The second kappa shape index (κ2) is 18.9. The highest BCUT2D eigenvalue weighted by Crippen LogP contribution is 2.15. The smallest absolute Gasteiger partial charge is 0.306 e. The maximum absolute atomic E-state index is 12.1. The molecular formula is C26H49N3O3. The van der Waals surface area contributed by atoms with Crippen LogP contribution in [-0.2, 0) is 9.59 Å². The molecule has 1 unspecified atom stereocenters. The van der Waals surface area contributed by atoms with E-state index in [4.69, 9.17) is 5.11 Å². The number of hydrogen-bond donors (Lipinski definition) is 2. The Morgan fingerprint density at radius 1 is 0.906 bits per heavy atom. The van der Waals surface area contributed by atoms with Crippen LogP contribution >= 0.6 is 0 Å². The summed E-state index contributed by atoms with van der Waals surface area (Å²) in [5.41, 5.74) is 2.90. The number of carboxylic acids is 1. The van der Waals surface area contributed by atoms with Gasteiger partial charge in [0.05, 0.1) is 19.0 Å². The molecule has 0 saturated carbocycles. The number of nitrogens with one attached hydrogen (secondary N) is 1. The van der Waals surface area contributed by atoms with Crippen molar-refractivity contribution in [2.24, 2.45) is 10.9 Å². The Hall–Kier alpha value is -1.59. The summed E-state index contributed by atoms with van der Waals surface area (Å²) >= 11 is 0. The van der Waals surface area contributed by atoms with Gasteiger partial charge in [-0.05, 0) is 12.8 Å². The molecule has 0 saturated heterocycles. The number of hydrazine groups is 1. The minimum atomic E-state index is -0.852. The van der Waals surface area contributed by atoms with Crippen LogP contribution < -0.4 is 5.43 Å². The third-order valence-corrected chi connectivity index (χ3v) is 6.42. The molecule has 1 heterocycles. The highest BCUT2D eigenvalue weighted by Gasteiger charge is 2.19. The van der Waals surface area contributed by atoms with Gasteiger partial charge in [0.25, 0.3) is 0 Å². The monoisotopic (exact) mass is 451 g/mol. The Morgan fingerprint density at radius 3 is 1.91 bits per heavy atom. The zero-order chi connectivity index (χ0) is 23.4. The molecular weight excluding hydrogens is 402 g/mol. The molecule has 6 nitrogen and oxygen atoms in total. The van der Waals surface area contributed by atoms with Gasteiger partial charge >= 0.3 is 5.97 Å². The minimum Gasteiger partial charge on any atom is -0.481 e. The Morgan fingerprint density at radius 2 is 1.41 bits per heavy atom. The summed E-state index contributed by atoms with van der Waals surface area (Å²) in [7, 11) is 0. The third kappa shape index (κ3) is 14.5. The fourth-order valence-corrected chi connectivity index (χ4v) is 4.16. The maximum atomic E-state index is 12.1. The van der Waals surface area contributed by atoms with Crippen molar-refractivity contribution in [2.75, 3.05) is 13.1 Å². The Balaban J connectivity index is 1.95. The molecule has 32 heavy (non-hydrogen) atoms. The summed E-state index contributed by atoms with van der Waals surface area (Å²) in [5, 5.41) is 10.8.